The Kier molecular flexibility index (Phi) is 2.53. The third kappa shape index (κ3) is 1.78. The van der Waals surface area contributed by atoms with Crippen LogP contribution >= 0.6 is 0 Å². The van der Waals surface area contributed by atoms with Crippen LogP contribution in [0.1, 0.15) is 40.0 Å². The fourth-order valence-electron chi connectivity index (χ4n) is 2.82. The summed E-state index contributed by atoms with van der Waals surface area (Å²) in [5.74, 6) is 0.377. The molecular formula is C12H22N2O. The van der Waals surface area contributed by atoms with E-state index in [4.69, 9.17) is 0 Å². The number of nitrogens with one attached hydrogen (secondary N) is 1. The summed E-state index contributed by atoms with van der Waals surface area (Å²) in [6.07, 6.45) is 3.26. The summed E-state index contributed by atoms with van der Waals surface area (Å²) in [6.45, 7) is 9.27. The van der Waals surface area contributed by atoms with E-state index in [1.807, 2.05) is 0 Å². The van der Waals surface area contributed by atoms with Crippen molar-refractivity contribution in [3.63, 3.8) is 0 Å². The normalized spacial score (nSPS) is 32.7. The van der Waals surface area contributed by atoms with Crippen molar-refractivity contribution in [2.45, 2.75) is 45.6 Å². The molecule has 86 valence electrons. The lowest BCUT2D eigenvalue weighted by Gasteiger charge is -2.36. The van der Waals surface area contributed by atoms with Crippen molar-refractivity contribution in [1.29, 1.82) is 0 Å². The van der Waals surface area contributed by atoms with Crippen LogP contribution in [0.5, 0.6) is 0 Å². The highest BCUT2D eigenvalue weighted by molar-refractivity contribution is 5.85. The SMILES string of the molecule is CC(C)(C)N1CC[C@@]2(CCCNC2)C1=O. The van der Waals surface area contributed by atoms with E-state index in [1.165, 1.54) is 0 Å². The van der Waals surface area contributed by atoms with Crippen molar-refractivity contribution in [2.24, 2.45) is 5.41 Å². The molecule has 0 bridgehead atoms. The highest BCUT2D eigenvalue weighted by Crippen LogP contribution is 2.40. The van der Waals surface area contributed by atoms with Gasteiger partial charge in [0.1, 0.15) is 0 Å². The second kappa shape index (κ2) is 3.48. The lowest BCUT2D eigenvalue weighted by Crippen LogP contribution is -2.50. The molecule has 0 aromatic heterocycles. The standard InChI is InChI=1S/C12H22N2O/c1-11(2,3)14-8-6-12(10(14)15)5-4-7-13-9-12/h13H,4-9H2,1-3H3/t12-/m1/s1. The Labute approximate surface area is 92.2 Å². The molecule has 2 saturated heterocycles. The molecule has 3 nitrogen and oxygen atoms in total. The summed E-state index contributed by atoms with van der Waals surface area (Å²) in [5, 5.41) is 3.37. The molecule has 0 saturated carbocycles. The van der Waals surface area contributed by atoms with Crippen LogP contribution in [0.25, 0.3) is 0 Å². The molecule has 0 unspecified atom stereocenters. The average Bonchev–Trinajstić information content (AvgIpc) is 2.45. The largest absolute Gasteiger partial charge is 0.337 e. The van der Waals surface area contributed by atoms with Gasteiger partial charge in [-0.1, -0.05) is 0 Å². The van der Waals surface area contributed by atoms with E-state index in [-0.39, 0.29) is 11.0 Å². The Morgan fingerprint density at radius 1 is 1.33 bits per heavy atom. The molecule has 1 atom stereocenters. The zero-order valence-electron chi connectivity index (χ0n) is 10.1. The first-order valence-corrected chi connectivity index (χ1v) is 5.99. The lowest BCUT2D eigenvalue weighted by molar-refractivity contribution is -0.140. The number of rotatable bonds is 0. The zero-order valence-corrected chi connectivity index (χ0v) is 10.1. The highest BCUT2D eigenvalue weighted by atomic mass is 16.2. The molecule has 2 rings (SSSR count). The summed E-state index contributed by atoms with van der Waals surface area (Å²) in [6, 6.07) is 0. The van der Waals surface area contributed by atoms with Crippen LogP contribution in [0.15, 0.2) is 0 Å². The van der Waals surface area contributed by atoms with E-state index >= 15 is 0 Å². The quantitative estimate of drug-likeness (QED) is 0.655. The number of nitrogens with zero attached hydrogens (tertiary/aromatic N) is 1. The Morgan fingerprint density at radius 2 is 2.07 bits per heavy atom. The lowest BCUT2D eigenvalue weighted by atomic mass is 9.79. The Hall–Kier alpha value is -0.570. The fraction of sp³-hybridized carbons (Fsp3) is 0.917. The number of carbonyl (C=O) groups excluding carboxylic acids is 1. The molecule has 1 N–H and O–H groups in total. The second-order valence-electron chi connectivity index (χ2n) is 5.94. The number of hydrogen-bond donors (Lipinski definition) is 1. The van der Waals surface area contributed by atoms with Crippen molar-refractivity contribution in [3.8, 4) is 0 Å². The predicted octanol–water partition coefficient (Wildman–Crippen LogP) is 1.39. The smallest absolute Gasteiger partial charge is 0.230 e. The molecule has 1 spiro atoms. The molecule has 2 fully saturated rings. The van der Waals surface area contributed by atoms with Crippen molar-refractivity contribution in [1.82, 2.24) is 10.2 Å². The topological polar surface area (TPSA) is 32.3 Å². The summed E-state index contributed by atoms with van der Waals surface area (Å²) in [7, 11) is 0. The highest BCUT2D eigenvalue weighted by Gasteiger charge is 2.49. The average molecular weight is 210 g/mol. The minimum atomic E-state index is -0.0640. The molecule has 0 radical (unpaired) electrons. The fourth-order valence-corrected chi connectivity index (χ4v) is 2.82. The Morgan fingerprint density at radius 3 is 2.53 bits per heavy atom. The summed E-state index contributed by atoms with van der Waals surface area (Å²) in [5.41, 5.74) is -0.0798. The molecule has 0 aromatic rings. The van der Waals surface area contributed by atoms with Gasteiger partial charge in [-0.05, 0) is 46.6 Å². The number of likely N-dealkylation sites (tertiary alicyclic amines) is 1. The monoisotopic (exact) mass is 210 g/mol. The number of carbonyl (C=O) groups is 1. The maximum Gasteiger partial charge on any atom is 0.230 e. The van der Waals surface area contributed by atoms with Crippen molar-refractivity contribution < 1.29 is 4.79 Å². The molecule has 3 heteroatoms. The maximum absolute atomic E-state index is 12.4. The molecular weight excluding hydrogens is 188 g/mol. The van der Waals surface area contributed by atoms with Gasteiger partial charge in [0.15, 0.2) is 0 Å². The summed E-state index contributed by atoms with van der Waals surface area (Å²) in [4.78, 5) is 14.5. The van der Waals surface area contributed by atoms with Crippen molar-refractivity contribution >= 4 is 5.91 Å². The van der Waals surface area contributed by atoms with Gasteiger partial charge in [0, 0.05) is 18.6 Å². The molecule has 2 aliphatic heterocycles. The number of piperidine rings is 1. The van der Waals surface area contributed by atoms with E-state index in [0.29, 0.717) is 5.91 Å². The van der Waals surface area contributed by atoms with Gasteiger partial charge in [0.05, 0.1) is 5.41 Å². The number of hydrogen-bond acceptors (Lipinski definition) is 2. The van der Waals surface area contributed by atoms with Crippen LogP contribution in [0, 0.1) is 5.41 Å². The Balaban J connectivity index is 2.16. The molecule has 15 heavy (non-hydrogen) atoms. The first-order chi connectivity index (χ1) is 6.96. The van der Waals surface area contributed by atoms with Crippen LogP contribution in [0.2, 0.25) is 0 Å². The molecule has 0 aliphatic carbocycles. The second-order valence-corrected chi connectivity index (χ2v) is 5.94. The van der Waals surface area contributed by atoms with Gasteiger partial charge >= 0.3 is 0 Å². The van der Waals surface area contributed by atoms with Crippen LogP contribution < -0.4 is 5.32 Å². The predicted molar refractivity (Wildman–Crippen MR) is 60.6 cm³/mol. The maximum atomic E-state index is 12.4. The van der Waals surface area contributed by atoms with E-state index < -0.39 is 0 Å². The van der Waals surface area contributed by atoms with Gasteiger partial charge in [0.25, 0.3) is 0 Å². The van der Waals surface area contributed by atoms with Gasteiger partial charge in [-0.25, -0.2) is 0 Å². The van der Waals surface area contributed by atoms with Crippen LogP contribution in [-0.4, -0.2) is 36.0 Å². The summed E-state index contributed by atoms with van der Waals surface area (Å²) < 4.78 is 0. The first kappa shape index (κ1) is 10.9. The minimum Gasteiger partial charge on any atom is -0.337 e. The first-order valence-electron chi connectivity index (χ1n) is 5.99. The van der Waals surface area contributed by atoms with E-state index in [1.54, 1.807) is 0 Å². The van der Waals surface area contributed by atoms with Crippen LogP contribution in [-0.2, 0) is 4.79 Å². The van der Waals surface area contributed by atoms with Gasteiger partial charge in [-0.3, -0.25) is 4.79 Å². The van der Waals surface area contributed by atoms with Crippen molar-refractivity contribution in [2.75, 3.05) is 19.6 Å². The molecule has 2 aliphatic rings. The number of amides is 1. The zero-order chi connectivity index (χ0) is 11.1. The van der Waals surface area contributed by atoms with Gasteiger partial charge in [-0.15, -0.1) is 0 Å². The van der Waals surface area contributed by atoms with Crippen LogP contribution in [0.3, 0.4) is 0 Å². The van der Waals surface area contributed by atoms with E-state index in [9.17, 15) is 4.79 Å². The van der Waals surface area contributed by atoms with Crippen molar-refractivity contribution in [3.05, 3.63) is 0 Å². The third-order valence-corrected chi connectivity index (χ3v) is 3.79. The third-order valence-electron chi connectivity index (χ3n) is 3.79. The Bertz CT molecular complexity index is 261. The summed E-state index contributed by atoms with van der Waals surface area (Å²) >= 11 is 0. The van der Waals surface area contributed by atoms with Gasteiger partial charge in [0.2, 0.25) is 5.91 Å². The van der Waals surface area contributed by atoms with E-state index in [0.717, 1.165) is 38.9 Å². The molecule has 1 amide bonds. The minimum absolute atomic E-state index is 0.0158. The van der Waals surface area contributed by atoms with Crippen LogP contribution in [0.4, 0.5) is 0 Å². The molecule has 0 aromatic carbocycles. The van der Waals surface area contributed by atoms with Gasteiger partial charge < -0.3 is 10.2 Å². The molecule has 2 heterocycles. The van der Waals surface area contributed by atoms with Gasteiger partial charge in [-0.2, -0.15) is 0 Å². The van der Waals surface area contributed by atoms with E-state index in [2.05, 4.69) is 31.0 Å².